The largest absolute Gasteiger partial charge is 0.379 e. The quantitative estimate of drug-likeness (QED) is 0.0588. The van der Waals surface area contributed by atoms with Gasteiger partial charge in [0.2, 0.25) is 11.8 Å². The van der Waals surface area contributed by atoms with Crippen LogP contribution in [-0.4, -0.2) is 136 Å². The number of benzene rings is 1. The van der Waals surface area contributed by atoms with Crippen molar-refractivity contribution in [3.8, 4) is 0 Å². The maximum Gasteiger partial charge on any atom is 0.246 e. The summed E-state index contributed by atoms with van der Waals surface area (Å²) in [7, 11) is 0. The number of rotatable bonds is 32. The molecule has 1 rings (SSSR count). The second-order valence-electron chi connectivity index (χ2n) is 10.0. The lowest BCUT2D eigenvalue weighted by Gasteiger charge is -2.23. The van der Waals surface area contributed by atoms with Crippen molar-refractivity contribution in [2.75, 3.05) is 129 Å². The van der Waals surface area contributed by atoms with Crippen LogP contribution >= 0.6 is 23.2 Å². The van der Waals surface area contributed by atoms with E-state index in [2.05, 4.69) is 51.7 Å². The van der Waals surface area contributed by atoms with Gasteiger partial charge in [0.25, 0.3) is 0 Å². The van der Waals surface area contributed by atoms with Crippen molar-refractivity contribution in [3.05, 3.63) is 42.0 Å². The molecule has 0 bridgehead atoms. The first-order chi connectivity index (χ1) is 22.5. The summed E-state index contributed by atoms with van der Waals surface area (Å²) in [6, 6.07) is 8.40. The van der Waals surface area contributed by atoms with Gasteiger partial charge in [0.1, 0.15) is 0 Å². The number of anilines is 1. The monoisotopic (exact) mass is 692 g/mol. The van der Waals surface area contributed by atoms with Crippen LogP contribution in [0.1, 0.15) is 18.9 Å². The lowest BCUT2D eigenvalue weighted by Crippen LogP contribution is -2.28. The molecule has 2 amide bonds. The van der Waals surface area contributed by atoms with Gasteiger partial charge in [-0.05, 0) is 24.6 Å². The van der Waals surface area contributed by atoms with E-state index in [1.807, 2.05) is 0 Å². The van der Waals surface area contributed by atoms with Crippen molar-refractivity contribution < 1.29 is 38.0 Å². The molecule has 0 saturated heterocycles. The molecule has 0 fully saturated rings. The molecule has 46 heavy (non-hydrogen) atoms. The van der Waals surface area contributed by atoms with E-state index in [9.17, 15) is 9.59 Å². The van der Waals surface area contributed by atoms with Gasteiger partial charge in [-0.2, -0.15) is 0 Å². The number of ether oxygens (including phenoxy) is 6. The zero-order valence-corrected chi connectivity index (χ0v) is 28.8. The second-order valence-corrected chi connectivity index (χ2v) is 10.8. The third kappa shape index (κ3) is 24.2. The third-order valence-corrected chi connectivity index (χ3v) is 6.55. The first-order valence-corrected chi connectivity index (χ1v) is 16.9. The Bertz CT molecular complexity index is 909. The summed E-state index contributed by atoms with van der Waals surface area (Å²) in [6.45, 7) is 14.5. The highest BCUT2D eigenvalue weighted by Gasteiger charge is 2.05. The van der Waals surface area contributed by atoms with Crippen LogP contribution in [0.2, 0.25) is 0 Å². The molecule has 0 spiro atoms. The molecule has 0 unspecified atom stereocenters. The van der Waals surface area contributed by atoms with Crippen molar-refractivity contribution in [2.24, 2.45) is 0 Å². The Morgan fingerprint density at radius 1 is 0.674 bits per heavy atom. The summed E-state index contributed by atoms with van der Waals surface area (Å²) in [6.07, 6.45) is 0.279. The van der Waals surface area contributed by atoms with E-state index in [1.54, 1.807) is 6.92 Å². The predicted octanol–water partition coefficient (Wildman–Crippen LogP) is 2.36. The number of nitrogens with one attached hydrogen (secondary N) is 3. The molecule has 14 heteroatoms. The topological polar surface area (TPSA) is 129 Å². The van der Waals surface area contributed by atoms with E-state index in [-0.39, 0.29) is 18.2 Å². The van der Waals surface area contributed by atoms with Crippen molar-refractivity contribution in [3.63, 3.8) is 0 Å². The van der Waals surface area contributed by atoms with Crippen molar-refractivity contribution in [1.29, 1.82) is 0 Å². The van der Waals surface area contributed by atoms with Gasteiger partial charge in [-0.25, -0.2) is 0 Å². The van der Waals surface area contributed by atoms with Crippen molar-refractivity contribution in [1.82, 2.24) is 16.0 Å². The van der Waals surface area contributed by atoms with Crippen LogP contribution in [0.5, 0.6) is 0 Å². The van der Waals surface area contributed by atoms with Gasteiger partial charge in [0.05, 0.1) is 79.3 Å². The van der Waals surface area contributed by atoms with E-state index < -0.39 is 0 Å². The smallest absolute Gasteiger partial charge is 0.246 e. The molecule has 0 aliphatic rings. The highest BCUT2D eigenvalue weighted by Crippen LogP contribution is 2.15. The van der Waals surface area contributed by atoms with Crippen molar-refractivity contribution in [2.45, 2.75) is 19.9 Å². The van der Waals surface area contributed by atoms with Crippen LogP contribution in [0.3, 0.4) is 0 Å². The fraction of sp³-hybridized carbons (Fsp3) is 0.688. The Balaban J connectivity index is 1.81. The molecule has 0 aliphatic carbocycles. The van der Waals surface area contributed by atoms with Crippen LogP contribution in [0, 0.1) is 0 Å². The first-order valence-electron chi connectivity index (χ1n) is 15.8. The minimum Gasteiger partial charge on any atom is -0.379 e. The fourth-order valence-electron chi connectivity index (χ4n) is 3.76. The van der Waals surface area contributed by atoms with E-state index in [0.29, 0.717) is 110 Å². The van der Waals surface area contributed by atoms with Gasteiger partial charge < -0.3 is 49.3 Å². The Kier molecular flexibility index (Phi) is 27.7. The van der Waals surface area contributed by atoms with Crippen LogP contribution in [0.25, 0.3) is 0 Å². The van der Waals surface area contributed by atoms with Gasteiger partial charge >= 0.3 is 0 Å². The maximum absolute atomic E-state index is 11.9. The molecule has 0 aliphatic heterocycles. The highest BCUT2D eigenvalue weighted by atomic mass is 35.5. The average molecular weight is 694 g/mol. The molecule has 0 saturated carbocycles. The summed E-state index contributed by atoms with van der Waals surface area (Å²) < 4.78 is 32.7. The summed E-state index contributed by atoms with van der Waals surface area (Å²) in [5.41, 5.74) is 2.79. The number of hydrogen-bond donors (Lipinski definition) is 3. The summed E-state index contributed by atoms with van der Waals surface area (Å²) in [4.78, 5) is 25.4. The number of hydrogen-bond acceptors (Lipinski definition) is 10. The van der Waals surface area contributed by atoms with E-state index in [4.69, 9.17) is 51.6 Å². The molecule has 0 heterocycles. The lowest BCUT2D eigenvalue weighted by molar-refractivity contribution is -0.122. The molecule has 12 nitrogen and oxygen atoms in total. The average Bonchev–Trinajstić information content (AvgIpc) is 3.05. The summed E-state index contributed by atoms with van der Waals surface area (Å²) >= 11 is 11.8. The van der Waals surface area contributed by atoms with Crippen LogP contribution < -0.4 is 20.9 Å². The lowest BCUT2D eigenvalue weighted by atomic mass is 10.2. The van der Waals surface area contributed by atoms with Gasteiger partial charge in [-0.3, -0.25) is 9.59 Å². The maximum atomic E-state index is 11.9. The van der Waals surface area contributed by atoms with Gasteiger partial charge in [0.15, 0.2) is 0 Å². The van der Waals surface area contributed by atoms with Crippen LogP contribution in [0.15, 0.2) is 36.4 Å². The van der Waals surface area contributed by atoms with Crippen molar-refractivity contribution >= 4 is 40.7 Å². The number of halogens is 2. The molecule has 1 aromatic carbocycles. The minimum atomic E-state index is -0.173. The van der Waals surface area contributed by atoms with E-state index in [0.717, 1.165) is 31.9 Å². The van der Waals surface area contributed by atoms with Gasteiger partial charge in [-0.15, -0.1) is 23.2 Å². The third-order valence-electron chi connectivity index (χ3n) is 6.21. The normalized spacial score (nSPS) is 11.0. The number of carbonyl (C=O) groups is 2. The second kappa shape index (κ2) is 30.3. The zero-order chi connectivity index (χ0) is 33.5. The predicted molar refractivity (Wildman–Crippen MR) is 182 cm³/mol. The SMILES string of the molecule is C=C(C)C(=O)NCCOCCOCCOCCOCCC(=O)NCCOCCOCCNCc1ccc(N(CCCl)CCCl)cc1. The zero-order valence-electron chi connectivity index (χ0n) is 27.3. The fourth-order valence-corrected chi connectivity index (χ4v) is 4.17. The Labute approximate surface area is 284 Å². The Morgan fingerprint density at radius 2 is 1.13 bits per heavy atom. The molecular formula is C32H54Cl2N4O8. The Morgan fingerprint density at radius 3 is 1.63 bits per heavy atom. The summed E-state index contributed by atoms with van der Waals surface area (Å²) in [5.74, 6) is 0.875. The van der Waals surface area contributed by atoms with Crippen LogP contribution in [0.4, 0.5) is 5.69 Å². The molecule has 3 N–H and O–H groups in total. The standard InChI is InChI=1S/C32H54Cl2N4O8/c1-28(2)32(40)37-12-18-44-22-24-46-26-25-45-23-19-41-15-7-31(39)36-11-17-43-21-20-42-16-10-35-27-29-3-5-30(6-4-29)38(13-8-33)14-9-34/h3-6,35H,1,7-27H2,2H3,(H,36,39)(H,37,40). The number of nitrogens with zero attached hydrogens (tertiary/aromatic N) is 1. The molecule has 0 aromatic heterocycles. The molecule has 0 radical (unpaired) electrons. The molecular weight excluding hydrogens is 639 g/mol. The Hall–Kier alpha value is -2.00. The number of carbonyl (C=O) groups excluding carboxylic acids is 2. The van der Waals surface area contributed by atoms with Gasteiger partial charge in [0, 0.05) is 68.7 Å². The molecule has 264 valence electrons. The van der Waals surface area contributed by atoms with Gasteiger partial charge in [-0.1, -0.05) is 18.7 Å². The molecule has 0 atom stereocenters. The number of alkyl halides is 2. The summed E-state index contributed by atoms with van der Waals surface area (Å²) in [5, 5.41) is 8.86. The number of amides is 2. The van der Waals surface area contributed by atoms with E-state index in [1.165, 1.54) is 5.56 Å². The van der Waals surface area contributed by atoms with E-state index >= 15 is 0 Å². The highest BCUT2D eigenvalue weighted by molar-refractivity contribution is 6.18. The first kappa shape index (κ1) is 42.0. The molecule has 1 aromatic rings. The van der Waals surface area contributed by atoms with Crippen LogP contribution in [-0.2, 0) is 44.6 Å². The minimum absolute atomic E-state index is 0.0850.